The molecule has 158 valence electrons. The van der Waals surface area contributed by atoms with Gasteiger partial charge < -0.3 is 14.5 Å². The summed E-state index contributed by atoms with van der Waals surface area (Å²) >= 11 is 12.0. The fourth-order valence-electron chi connectivity index (χ4n) is 3.12. The molecule has 0 aliphatic rings. The van der Waals surface area contributed by atoms with Crippen molar-refractivity contribution >= 4 is 72.8 Å². The highest BCUT2D eigenvalue weighted by Gasteiger charge is 2.13. The summed E-state index contributed by atoms with van der Waals surface area (Å²) in [5.41, 5.74) is 4.60. The quantitative estimate of drug-likeness (QED) is 0.244. The Morgan fingerprint density at radius 3 is 2.65 bits per heavy atom. The van der Waals surface area contributed by atoms with Crippen LogP contribution in [0.5, 0.6) is 5.75 Å². The Morgan fingerprint density at radius 1 is 1.16 bits per heavy atom. The minimum Gasteiger partial charge on any atom is -0.484 e. The summed E-state index contributed by atoms with van der Waals surface area (Å²) in [7, 11) is 0. The molecule has 0 aliphatic carbocycles. The number of rotatable bonds is 5. The Bertz CT molecular complexity index is 1280. The third-order valence-corrected chi connectivity index (χ3v) is 6.57. The minimum absolute atomic E-state index is 0.113. The molecule has 0 spiro atoms. The van der Waals surface area contributed by atoms with Gasteiger partial charge in [-0.1, -0.05) is 11.6 Å². The maximum atomic E-state index is 12.4. The molecule has 1 aromatic heterocycles. The van der Waals surface area contributed by atoms with Crippen LogP contribution in [0, 0.1) is 17.4 Å². The molecule has 4 aromatic rings. The van der Waals surface area contributed by atoms with E-state index in [4.69, 9.17) is 20.8 Å². The van der Waals surface area contributed by atoms with Crippen LogP contribution in [0.3, 0.4) is 0 Å². The van der Waals surface area contributed by atoms with Crippen molar-refractivity contribution in [1.29, 1.82) is 0 Å². The van der Waals surface area contributed by atoms with E-state index in [1.165, 1.54) is 0 Å². The lowest BCUT2D eigenvalue weighted by Crippen LogP contribution is -2.20. The Kier molecular flexibility index (Phi) is 6.55. The summed E-state index contributed by atoms with van der Waals surface area (Å²) in [6.45, 7) is 3.69. The molecular weight excluding hydrogens is 595 g/mol. The van der Waals surface area contributed by atoms with Crippen molar-refractivity contribution in [2.75, 3.05) is 11.9 Å². The summed E-state index contributed by atoms with van der Waals surface area (Å²) < 4.78 is 13.5. The van der Waals surface area contributed by atoms with Crippen molar-refractivity contribution in [1.82, 2.24) is 4.98 Å². The summed E-state index contributed by atoms with van der Waals surface area (Å²) in [5.74, 6) is 0.851. The fourth-order valence-corrected chi connectivity index (χ4v) is 4.13. The van der Waals surface area contributed by atoms with Gasteiger partial charge in [0.15, 0.2) is 12.2 Å². The summed E-state index contributed by atoms with van der Waals surface area (Å²) in [6, 6.07) is 14.9. The molecule has 1 N–H and O–H groups in total. The summed E-state index contributed by atoms with van der Waals surface area (Å²) in [4.78, 5) is 16.9. The van der Waals surface area contributed by atoms with Crippen molar-refractivity contribution in [3.8, 4) is 17.2 Å². The molecule has 4 rings (SSSR count). The van der Waals surface area contributed by atoms with E-state index >= 15 is 0 Å². The molecule has 0 unspecified atom stereocenters. The topological polar surface area (TPSA) is 64.4 Å². The molecule has 0 fully saturated rings. The number of benzene rings is 3. The van der Waals surface area contributed by atoms with E-state index in [1.54, 1.807) is 18.2 Å². The van der Waals surface area contributed by atoms with Gasteiger partial charge in [0.05, 0.1) is 5.56 Å². The van der Waals surface area contributed by atoms with Gasteiger partial charge in [-0.15, -0.1) is 0 Å². The van der Waals surface area contributed by atoms with Crippen molar-refractivity contribution in [2.24, 2.45) is 0 Å². The lowest BCUT2D eigenvalue weighted by Gasteiger charge is -2.10. The van der Waals surface area contributed by atoms with Crippen molar-refractivity contribution in [3.05, 3.63) is 72.7 Å². The first-order chi connectivity index (χ1) is 14.8. The number of carbonyl (C=O) groups is 1. The number of oxazole rings is 1. The molecule has 0 aliphatic heterocycles. The van der Waals surface area contributed by atoms with Crippen LogP contribution in [-0.2, 0) is 4.79 Å². The number of fused-ring (bicyclic) bond motifs is 1. The van der Waals surface area contributed by atoms with E-state index in [9.17, 15) is 4.79 Å². The second-order valence-corrected chi connectivity index (χ2v) is 9.51. The highest BCUT2D eigenvalue weighted by atomic mass is 127. The number of nitrogens with zero attached hydrogens (tertiary/aromatic N) is 1. The van der Waals surface area contributed by atoms with Crippen LogP contribution in [0.15, 0.2) is 57.4 Å². The lowest BCUT2D eigenvalue weighted by molar-refractivity contribution is -0.118. The second-order valence-electron chi connectivity index (χ2n) is 7.03. The fraction of sp³-hybridized carbons (Fsp3) is 0.130. The van der Waals surface area contributed by atoms with Crippen LogP contribution < -0.4 is 10.1 Å². The van der Waals surface area contributed by atoms with Gasteiger partial charge in [-0.2, -0.15) is 0 Å². The number of hydrogen-bond acceptors (Lipinski definition) is 4. The Hall–Kier alpha value is -2.10. The van der Waals surface area contributed by atoms with Crippen LogP contribution >= 0.6 is 50.1 Å². The van der Waals surface area contributed by atoms with Gasteiger partial charge in [0.25, 0.3) is 5.91 Å². The SMILES string of the molecule is Cc1cc(OCC(=O)Nc2ccc3oc(-c4cc(I)ccc4Br)nc3c2)cc(C)c1Cl. The number of carbonyl (C=O) groups excluding carboxylic acids is 1. The normalized spacial score (nSPS) is 11.0. The van der Waals surface area contributed by atoms with Crippen LogP contribution in [0.25, 0.3) is 22.6 Å². The highest BCUT2D eigenvalue weighted by Crippen LogP contribution is 2.32. The molecule has 0 atom stereocenters. The van der Waals surface area contributed by atoms with Crippen molar-refractivity contribution < 1.29 is 13.9 Å². The number of nitrogens with one attached hydrogen (secondary N) is 1. The predicted molar refractivity (Wildman–Crippen MR) is 135 cm³/mol. The average Bonchev–Trinajstić information content (AvgIpc) is 3.15. The number of ether oxygens (including phenoxy) is 1. The predicted octanol–water partition coefficient (Wildman–Crippen LogP) is 7.15. The molecule has 0 radical (unpaired) electrons. The van der Waals surface area contributed by atoms with E-state index in [0.29, 0.717) is 33.4 Å². The second kappa shape index (κ2) is 9.18. The third kappa shape index (κ3) is 5.05. The highest BCUT2D eigenvalue weighted by molar-refractivity contribution is 14.1. The van der Waals surface area contributed by atoms with Gasteiger partial charge in [-0.25, -0.2) is 4.98 Å². The maximum absolute atomic E-state index is 12.4. The standard InChI is InChI=1S/C23H17BrClIN2O3/c1-12-7-16(8-13(2)22(12)25)30-11-21(29)27-15-4-6-20-19(10-15)28-23(31-20)17-9-14(26)3-5-18(17)24/h3-10H,11H2,1-2H3,(H,27,29). The first-order valence-electron chi connectivity index (χ1n) is 9.35. The molecule has 5 nitrogen and oxygen atoms in total. The molecule has 31 heavy (non-hydrogen) atoms. The van der Waals surface area contributed by atoms with Crippen LogP contribution in [-0.4, -0.2) is 17.5 Å². The van der Waals surface area contributed by atoms with Crippen molar-refractivity contribution in [2.45, 2.75) is 13.8 Å². The van der Waals surface area contributed by atoms with E-state index < -0.39 is 0 Å². The Labute approximate surface area is 206 Å². The number of amides is 1. The zero-order valence-electron chi connectivity index (χ0n) is 16.6. The van der Waals surface area contributed by atoms with Gasteiger partial charge in [-0.3, -0.25) is 4.79 Å². The largest absolute Gasteiger partial charge is 0.484 e. The Morgan fingerprint density at radius 2 is 1.90 bits per heavy atom. The van der Waals surface area contributed by atoms with Gasteiger partial charge in [-0.05, 0) is 112 Å². The molecule has 3 aromatic carbocycles. The number of aryl methyl sites for hydroxylation is 2. The van der Waals surface area contributed by atoms with E-state index in [2.05, 4.69) is 48.8 Å². The van der Waals surface area contributed by atoms with Gasteiger partial charge in [0.1, 0.15) is 11.3 Å². The monoisotopic (exact) mass is 610 g/mol. The van der Waals surface area contributed by atoms with Gasteiger partial charge >= 0.3 is 0 Å². The molecule has 1 heterocycles. The smallest absolute Gasteiger partial charge is 0.262 e. The number of hydrogen-bond donors (Lipinski definition) is 1. The molecule has 1 amide bonds. The van der Waals surface area contributed by atoms with E-state index in [1.807, 2.05) is 44.2 Å². The van der Waals surface area contributed by atoms with Gasteiger partial charge in [0.2, 0.25) is 5.89 Å². The van der Waals surface area contributed by atoms with Gasteiger partial charge in [0, 0.05) is 18.8 Å². The van der Waals surface area contributed by atoms with Crippen molar-refractivity contribution in [3.63, 3.8) is 0 Å². The molecule has 0 saturated carbocycles. The first-order valence-corrected chi connectivity index (χ1v) is 11.6. The number of aromatic nitrogens is 1. The lowest BCUT2D eigenvalue weighted by atomic mass is 10.1. The molecule has 0 bridgehead atoms. The van der Waals surface area contributed by atoms with Crippen LogP contribution in [0.4, 0.5) is 5.69 Å². The summed E-state index contributed by atoms with van der Waals surface area (Å²) in [5, 5.41) is 3.54. The minimum atomic E-state index is -0.270. The third-order valence-electron chi connectivity index (χ3n) is 4.61. The summed E-state index contributed by atoms with van der Waals surface area (Å²) in [6.07, 6.45) is 0. The maximum Gasteiger partial charge on any atom is 0.262 e. The Balaban J connectivity index is 1.47. The first kappa shape index (κ1) is 22.1. The van der Waals surface area contributed by atoms with Crippen LogP contribution in [0.2, 0.25) is 5.02 Å². The number of halogens is 3. The molecular formula is C23H17BrClIN2O3. The molecule has 8 heteroatoms. The zero-order chi connectivity index (χ0) is 22.1. The van der Waals surface area contributed by atoms with E-state index in [0.717, 1.165) is 24.7 Å². The zero-order valence-corrected chi connectivity index (χ0v) is 21.1. The molecule has 0 saturated heterocycles. The van der Waals surface area contributed by atoms with E-state index in [-0.39, 0.29) is 12.5 Å². The number of anilines is 1. The van der Waals surface area contributed by atoms with Crippen LogP contribution in [0.1, 0.15) is 11.1 Å². The average molecular weight is 612 g/mol.